The van der Waals surface area contributed by atoms with Crippen LogP contribution in [0.15, 0.2) is 42.7 Å². The van der Waals surface area contributed by atoms with Crippen molar-refractivity contribution in [3.05, 3.63) is 48.3 Å². The number of carbonyl (C=O) groups excluding carboxylic acids is 2. The number of amides is 1. The number of halogens is 3. The molecule has 0 bridgehead atoms. The molecule has 7 nitrogen and oxygen atoms in total. The van der Waals surface area contributed by atoms with Gasteiger partial charge in [0.1, 0.15) is 17.0 Å². The van der Waals surface area contributed by atoms with Gasteiger partial charge in [0.25, 0.3) is 0 Å². The van der Waals surface area contributed by atoms with Crippen LogP contribution >= 0.6 is 0 Å². The van der Waals surface area contributed by atoms with E-state index in [0.717, 1.165) is 0 Å². The van der Waals surface area contributed by atoms with E-state index < -0.39 is 18.1 Å². The smallest absolute Gasteiger partial charge is 0.444 e. The lowest BCUT2D eigenvalue weighted by Crippen LogP contribution is -2.33. The second-order valence-electron chi connectivity index (χ2n) is 8.35. The Kier molecular flexibility index (Phi) is 6.95. The number of fused-ring (bicyclic) bond motifs is 1. The molecule has 0 spiro atoms. The van der Waals surface area contributed by atoms with E-state index in [2.05, 4.69) is 15.0 Å². The second kappa shape index (κ2) is 9.51. The topological polar surface area (TPSA) is 82.5 Å². The number of alkyl carbamates (subject to hydrolysis) is 1. The predicted molar refractivity (Wildman–Crippen MR) is 116 cm³/mol. The van der Waals surface area contributed by atoms with Crippen LogP contribution in [0.5, 0.6) is 5.75 Å². The maximum atomic E-state index is 12.4. The number of nitrogens with one attached hydrogen (secondary N) is 1. The number of nitrogens with zero attached hydrogens (tertiary/aromatic N) is 2. The van der Waals surface area contributed by atoms with E-state index in [0.29, 0.717) is 53.5 Å². The van der Waals surface area contributed by atoms with Crippen molar-refractivity contribution in [2.75, 3.05) is 6.54 Å². The highest BCUT2D eigenvalue weighted by Crippen LogP contribution is 2.32. The summed E-state index contributed by atoms with van der Waals surface area (Å²) >= 11 is 0. The van der Waals surface area contributed by atoms with Crippen LogP contribution < -0.4 is 10.1 Å². The highest BCUT2D eigenvalue weighted by Gasteiger charge is 2.31. The number of carbonyl (C=O) groups is 2. The van der Waals surface area contributed by atoms with E-state index in [1.54, 1.807) is 26.8 Å². The lowest BCUT2D eigenvalue weighted by molar-refractivity contribution is -0.274. The molecule has 0 aliphatic carbocycles. The van der Waals surface area contributed by atoms with E-state index in [-0.39, 0.29) is 5.75 Å². The van der Waals surface area contributed by atoms with Crippen LogP contribution in [0, 0.1) is 0 Å². The Morgan fingerprint density at radius 1 is 1.18 bits per heavy atom. The molecule has 2 aromatic heterocycles. The molecule has 0 aliphatic heterocycles. The van der Waals surface area contributed by atoms with E-state index in [1.807, 2.05) is 10.8 Å². The zero-order chi connectivity index (χ0) is 24.2. The number of benzene rings is 1. The molecule has 0 fully saturated rings. The molecule has 3 aromatic rings. The molecule has 1 amide bonds. The number of aryl methyl sites for hydroxylation is 1. The number of aldehydes is 1. The van der Waals surface area contributed by atoms with Gasteiger partial charge in [-0.25, -0.2) is 9.78 Å². The summed E-state index contributed by atoms with van der Waals surface area (Å²) in [5.74, 6) is -0.324. The van der Waals surface area contributed by atoms with Gasteiger partial charge in [0.05, 0.1) is 0 Å². The summed E-state index contributed by atoms with van der Waals surface area (Å²) in [6, 6.07) is 7.16. The molecule has 2 heterocycles. The SMILES string of the molecule is CC(C)(C)OC(=O)NCCCn1cc(-c2ccc(OC(F)(F)F)cc2)c2cc(C=O)cnc21. The van der Waals surface area contributed by atoms with Gasteiger partial charge in [0.15, 0.2) is 6.29 Å². The van der Waals surface area contributed by atoms with Gasteiger partial charge in [-0.2, -0.15) is 0 Å². The highest BCUT2D eigenvalue weighted by molar-refractivity contribution is 5.96. The van der Waals surface area contributed by atoms with Gasteiger partial charge in [-0.05, 0) is 51.0 Å². The molecule has 0 saturated heterocycles. The second-order valence-corrected chi connectivity index (χ2v) is 8.35. The molecule has 10 heteroatoms. The minimum atomic E-state index is -4.77. The minimum Gasteiger partial charge on any atom is -0.444 e. The van der Waals surface area contributed by atoms with Crippen LogP contribution in [0.1, 0.15) is 37.6 Å². The molecule has 3 rings (SSSR count). The number of pyridine rings is 1. The Labute approximate surface area is 188 Å². The molecular formula is C23H24F3N3O4. The Bertz CT molecular complexity index is 1130. The first-order valence-corrected chi connectivity index (χ1v) is 10.2. The first-order chi connectivity index (χ1) is 15.4. The quantitative estimate of drug-likeness (QED) is 0.378. The van der Waals surface area contributed by atoms with Gasteiger partial charge >= 0.3 is 12.5 Å². The van der Waals surface area contributed by atoms with Crippen molar-refractivity contribution in [2.24, 2.45) is 0 Å². The number of hydrogen-bond acceptors (Lipinski definition) is 5. The number of alkyl halides is 3. The van der Waals surface area contributed by atoms with Gasteiger partial charge < -0.3 is 19.4 Å². The van der Waals surface area contributed by atoms with E-state index >= 15 is 0 Å². The average molecular weight is 463 g/mol. The van der Waals surface area contributed by atoms with Crippen molar-refractivity contribution in [1.82, 2.24) is 14.9 Å². The summed E-state index contributed by atoms with van der Waals surface area (Å²) < 4.78 is 48.3. The molecule has 1 N–H and O–H groups in total. The summed E-state index contributed by atoms with van der Waals surface area (Å²) in [7, 11) is 0. The fraction of sp³-hybridized carbons (Fsp3) is 0.348. The van der Waals surface area contributed by atoms with Crippen molar-refractivity contribution in [3.63, 3.8) is 0 Å². The summed E-state index contributed by atoms with van der Waals surface area (Å²) in [6.07, 6.45) is -0.742. The van der Waals surface area contributed by atoms with Crippen LogP contribution in [0.25, 0.3) is 22.2 Å². The minimum absolute atomic E-state index is 0.324. The van der Waals surface area contributed by atoms with Crippen molar-refractivity contribution < 1.29 is 32.2 Å². The van der Waals surface area contributed by atoms with Gasteiger partial charge in [-0.3, -0.25) is 4.79 Å². The first-order valence-electron chi connectivity index (χ1n) is 10.2. The molecule has 0 atom stereocenters. The molecule has 1 aromatic carbocycles. The Balaban J connectivity index is 1.80. The third-order valence-electron chi connectivity index (χ3n) is 4.51. The monoisotopic (exact) mass is 463 g/mol. The van der Waals surface area contributed by atoms with Crippen LogP contribution in [-0.4, -0.2) is 40.4 Å². The van der Waals surface area contributed by atoms with Gasteiger partial charge in [0.2, 0.25) is 0 Å². The lowest BCUT2D eigenvalue weighted by Gasteiger charge is -2.19. The van der Waals surface area contributed by atoms with E-state index in [9.17, 15) is 22.8 Å². The Hall–Kier alpha value is -3.56. The number of rotatable bonds is 7. The van der Waals surface area contributed by atoms with Gasteiger partial charge in [-0.1, -0.05) is 12.1 Å². The van der Waals surface area contributed by atoms with Gasteiger partial charge in [-0.15, -0.1) is 13.2 Å². The summed E-state index contributed by atoms with van der Waals surface area (Å²) in [6.45, 7) is 6.22. The van der Waals surface area contributed by atoms with Crippen molar-refractivity contribution in [1.29, 1.82) is 0 Å². The lowest BCUT2D eigenvalue weighted by atomic mass is 10.1. The molecule has 0 saturated carbocycles. The number of aromatic nitrogens is 2. The van der Waals surface area contributed by atoms with Crippen LogP contribution in [0.4, 0.5) is 18.0 Å². The largest absolute Gasteiger partial charge is 0.573 e. The predicted octanol–water partition coefficient (Wildman–Crippen LogP) is 5.33. The normalized spacial score (nSPS) is 11.9. The Morgan fingerprint density at radius 3 is 2.48 bits per heavy atom. The van der Waals surface area contributed by atoms with Crippen molar-refractivity contribution in [3.8, 4) is 16.9 Å². The van der Waals surface area contributed by atoms with Crippen LogP contribution in [0.3, 0.4) is 0 Å². The third-order valence-corrected chi connectivity index (χ3v) is 4.51. The van der Waals surface area contributed by atoms with Crippen LogP contribution in [0.2, 0.25) is 0 Å². The average Bonchev–Trinajstić information content (AvgIpc) is 3.07. The molecule has 33 heavy (non-hydrogen) atoms. The third kappa shape index (κ3) is 6.71. The fourth-order valence-electron chi connectivity index (χ4n) is 3.24. The zero-order valence-corrected chi connectivity index (χ0v) is 18.4. The zero-order valence-electron chi connectivity index (χ0n) is 18.4. The summed E-state index contributed by atoms with van der Waals surface area (Å²) in [4.78, 5) is 27.4. The van der Waals surface area contributed by atoms with E-state index in [4.69, 9.17) is 4.74 Å². The highest BCUT2D eigenvalue weighted by atomic mass is 19.4. The molecule has 176 valence electrons. The standard InChI is InChI=1S/C23H24F3N3O4/c1-22(2,3)33-21(31)27-9-4-10-29-13-19(18-11-15(14-30)12-28-20(18)29)16-5-7-17(8-6-16)32-23(24,25)26/h5-8,11-14H,4,9-10H2,1-3H3,(H,27,31). The van der Waals surface area contributed by atoms with Gasteiger partial charge in [0, 0.05) is 42.0 Å². The number of ether oxygens (including phenoxy) is 2. The fourth-order valence-corrected chi connectivity index (χ4v) is 3.24. The maximum absolute atomic E-state index is 12.4. The summed E-state index contributed by atoms with van der Waals surface area (Å²) in [5.41, 5.74) is 1.76. The van der Waals surface area contributed by atoms with Crippen LogP contribution in [-0.2, 0) is 11.3 Å². The molecule has 0 radical (unpaired) electrons. The molecule has 0 aliphatic rings. The summed E-state index contributed by atoms with van der Waals surface area (Å²) in [5, 5.41) is 3.38. The van der Waals surface area contributed by atoms with Crippen molar-refractivity contribution in [2.45, 2.75) is 45.7 Å². The number of hydrogen-bond donors (Lipinski definition) is 1. The maximum Gasteiger partial charge on any atom is 0.573 e. The molecular weight excluding hydrogens is 439 g/mol. The van der Waals surface area contributed by atoms with Crippen molar-refractivity contribution >= 4 is 23.4 Å². The Morgan fingerprint density at radius 2 is 1.88 bits per heavy atom. The molecule has 0 unspecified atom stereocenters. The van der Waals surface area contributed by atoms with E-state index in [1.165, 1.54) is 30.5 Å². The first kappa shape index (κ1) is 24.1.